The third-order valence-corrected chi connectivity index (χ3v) is 7.00. The summed E-state index contributed by atoms with van der Waals surface area (Å²) in [5.74, 6) is 0.833. The SMILES string of the molecule is CCN1C(=O)C(C#N)=C(C)/C(=C/c2cc3c(nc(C4CCCCC4)n3C)s2)C1=O. The molecule has 0 atom stereocenters. The Balaban J connectivity index is 1.74. The van der Waals surface area contributed by atoms with Crippen LogP contribution in [0.25, 0.3) is 16.4 Å². The van der Waals surface area contributed by atoms with Crippen molar-refractivity contribution in [2.45, 2.75) is 51.9 Å². The van der Waals surface area contributed by atoms with Crippen LogP contribution in [-0.2, 0) is 16.6 Å². The largest absolute Gasteiger partial charge is 0.330 e. The maximum absolute atomic E-state index is 12.8. The van der Waals surface area contributed by atoms with Gasteiger partial charge in [0.1, 0.15) is 22.3 Å². The second-order valence-corrected chi connectivity index (χ2v) is 8.79. The Morgan fingerprint density at radius 3 is 2.62 bits per heavy atom. The molecule has 150 valence electrons. The zero-order valence-electron chi connectivity index (χ0n) is 17.0. The Bertz CT molecular complexity index is 1110. The number of hydrogen-bond acceptors (Lipinski definition) is 5. The van der Waals surface area contributed by atoms with Crippen LogP contribution >= 0.6 is 11.3 Å². The second-order valence-electron chi connectivity index (χ2n) is 7.73. The first-order valence-electron chi connectivity index (χ1n) is 10.1. The third kappa shape index (κ3) is 3.22. The van der Waals surface area contributed by atoms with E-state index in [1.54, 1.807) is 31.3 Å². The molecule has 1 saturated carbocycles. The molecule has 2 amide bonds. The summed E-state index contributed by atoms with van der Waals surface area (Å²) >= 11 is 1.54. The normalized spacial score (nSPS) is 20.2. The number of thiophene rings is 1. The van der Waals surface area contributed by atoms with E-state index in [2.05, 4.69) is 11.6 Å². The van der Waals surface area contributed by atoms with Crippen molar-refractivity contribution in [3.63, 3.8) is 0 Å². The molecule has 2 aromatic rings. The summed E-state index contributed by atoms with van der Waals surface area (Å²) in [6, 6.07) is 4.01. The molecule has 2 aromatic heterocycles. The number of carbonyl (C=O) groups excluding carboxylic acids is 2. The average Bonchev–Trinajstić information content (AvgIpc) is 3.25. The van der Waals surface area contributed by atoms with E-state index in [-0.39, 0.29) is 18.0 Å². The number of fused-ring (bicyclic) bond motifs is 1. The van der Waals surface area contributed by atoms with Crippen molar-refractivity contribution in [2.75, 3.05) is 6.54 Å². The minimum Gasteiger partial charge on any atom is -0.330 e. The standard InChI is InChI=1S/C22H24N4O2S/c1-4-26-21(27)16(13(2)17(12-23)22(26)28)10-15-11-18-20(29-15)24-19(25(18)3)14-8-6-5-7-9-14/h10-11,14H,4-9H2,1-3H3/b16-10-. The van der Waals surface area contributed by atoms with Gasteiger partial charge in [-0.25, -0.2) is 4.98 Å². The highest BCUT2D eigenvalue weighted by molar-refractivity contribution is 7.19. The number of nitrogens with zero attached hydrogens (tertiary/aromatic N) is 4. The van der Waals surface area contributed by atoms with Gasteiger partial charge < -0.3 is 4.57 Å². The maximum Gasteiger partial charge on any atom is 0.271 e. The number of hydrogen-bond donors (Lipinski definition) is 0. The summed E-state index contributed by atoms with van der Waals surface area (Å²) in [6.07, 6.45) is 8.04. The highest BCUT2D eigenvalue weighted by Crippen LogP contribution is 2.36. The first-order chi connectivity index (χ1) is 14.0. The zero-order valence-corrected chi connectivity index (χ0v) is 17.8. The maximum atomic E-state index is 12.8. The molecule has 7 heteroatoms. The van der Waals surface area contributed by atoms with Crippen LogP contribution in [0, 0.1) is 11.3 Å². The van der Waals surface area contributed by atoms with E-state index in [0.717, 1.165) is 25.9 Å². The van der Waals surface area contributed by atoms with Crippen LogP contribution in [0.5, 0.6) is 0 Å². The summed E-state index contributed by atoms with van der Waals surface area (Å²) in [7, 11) is 2.06. The quantitative estimate of drug-likeness (QED) is 0.560. The molecule has 0 aromatic carbocycles. The molecule has 0 unspecified atom stereocenters. The van der Waals surface area contributed by atoms with Gasteiger partial charge in [-0.15, -0.1) is 11.3 Å². The molecule has 1 aliphatic carbocycles. The molecule has 6 nitrogen and oxygen atoms in total. The van der Waals surface area contributed by atoms with Crippen molar-refractivity contribution in [3.05, 3.63) is 33.5 Å². The Morgan fingerprint density at radius 2 is 2.00 bits per heavy atom. The highest BCUT2D eigenvalue weighted by Gasteiger charge is 2.34. The van der Waals surface area contributed by atoms with Gasteiger partial charge in [0.05, 0.1) is 5.52 Å². The predicted molar refractivity (Wildman–Crippen MR) is 113 cm³/mol. The first kappa shape index (κ1) is 19.6. The van der Waals surface area contributed by atoms with Gasteiger partial charge in [0.15, 0.2) is 0 Å². The molecular formula is C22H24N4O2S. The fourth-order valence-electron chi connectivity index (χ4n) is 4.37. The van der Waals surface area contributed by atoms with E-state index in [4.69, 9.17) is 4.98 Å². The lowest BCUT2D eigenvalue weighted by Crippen LogP contribution is -2.42. The minimum absolute atomic E-state index is 0.0384. The number of nitriles is 1. The number of imidazole rings is 1. The van der Waals surface area contributed by atoms with Crippen LogP contribution in [0.4, 0.5) is 0 Å². The third-order valence-electron chi connectivity index (χ3n) is 6.03. The molecule has 0 bridgehead atoms. The Kier molecular flexibility index (Phi) is 5.13. The summed E-state index contributed by atoms with van der Waals surface area (Å²) in [5, 5.41) is 9.38. The summed E-state index contributed by atoms with van der Waals surface area (Å²) in [4.78, 5) is 33.0. The van der Waals surface area contributed by atoms with Crippen molar-refractivity contribution in [3.8, 4) is 6.07 Å². The van der Waals surface area contributed by atoms with Crippen LogP contribution in [0.2, 0.25) is 0 Å². The van der Waals surface area contributed by atoms with E-state index >= 15 is 0 Å². The molecular weight excluding hydrogens is 384 g/mol. The average molecular weight is 409 g/mol. The van der Waals surface area contributed by atoms with Gasteiger partial charge in [-0.2, -0.15) is 5.26 Å². The lowest BCUT2D eigenvalue weighted by atomic mass is 9.89. The van der Waals surface area contributed by atoms with Crippen LogP contribution < -0.4 is 0 Å². The lowest BCUT2D eigenvalue weighted by Gasteiger charge is -2.26. The number of likely N-dealkylation sites (N-methyl/N-ethyl adjacent to an activating group) is 1. The van der Waals surface area contributed by atoms with Crippen molar-refractivity contribution in [2.24, 2.45) is 7.05 Å². The van der Waals surface area contributed by atoms with Crippen LogP contribution in [-0.4, -0.2) is 32.8 Å². The van der Waals surface area contributed by atoms with Crippen molar-refractivity contribution >= 4 is 39.6 Å². The Labute approximate surface area is 174 Å². The van der Waals surface area contributed by atoms with Gasteiger partial charge in [0, 0.05) is 30.0 Å². The number of carbonyl (C=O) groups is 2. The number of rotatable bonds is 3. The predicted octanol–water partition coefficient (Wildman–Crippen LogP) is 4.29. The fraction of sp³-hybridized carbons (Fsp3) is 0.455. The van der Waals surface area contributed by atoms with Crippen molar-refractivity contribution in [1.29, 1.82) is 5.26 Å². The first-order valence-corrected chi connectivity index (χ1v) is 10.9. The number of imide groups is 1. The lowest BCUT2D eigenvalue weighted by molar-refractivity contribution is -0.140. The topological polar surface area (TPSA) is 79.0 Å². The van der Waals surface area contributed by atoms with Crippen molar-refractivity contribution in [1.82, 2.24) is 14.5 Å². The van der Waals surface area contributed by atoms with E-state index in [1.807, 2.05) is 12.1 Å². The monoisotopic (exact) mass is 408 g/mol. The minimum atomic E-state index is -0.509. The summed E-state index contributed by atoms with van der Waals surface area (Å²) < 4.78 is 2.18. The fourth-order valence-corrected chi connectivity index (χ4v) is 5.38. The highest BCUT2D eigenvalue weighted by atomic mass is 32.1. The van der Waals surface area contributed by atoms with E-state index < -0.39 is 5.91 Å². The molecule has 4 rings (SSSR count). The van der Waals surface area contributed by atoms with Gasteiger partial charge in [-0.3, -0.25) is 14.5 Å². The molecule has 0 radical (unpaired) electrons. The van der Waals surface area contributed by atoms with Crippen LogP contribution in [0.1, 0.15) is 62.6 Å². The molecule has 29 heavy (non-hydrogen) atoms. The van der Waals surface area contributed by atoms with Crippen LogP contribution in [0.3, 0.4) is 0 Å². The molecule has 1 fully saturated rings. The smallest absolute Gasteiger partial charge is 0.271 e. The molecule has 0 saturated heterocycles. The van der Waals surface area contributed by atoms with Crippen molar-refractivity contribution < 1.29 is 9.59 Å². The number of aromatic nitrogens is 2. The van der Waals surface area contributed by atoms with Gasteiger partial charge >= 0.3 is 0 Å². The molecule has 0 spiro atoms. The summed E-state index contributed by atoms with van der Waals surface area (Å²) in [6.45, 7) is 3.64. The summed E-state index contributed by atoms with van der Waals surface area (Å²) in [5.41, 5.74) is 1.95. The van der Waals surface area contributed by atoms with Gasteiger partial charge in [0.25, 0.3) is 11.8 Å². The van der Waals surface area contributed by atoms with E-state index in [9.17, 15) is 14.9 Å². The Hall–Kier alpha value is -2.72. The van der Waals surface area contributed by atoms with E-state index in [0.29, 0.717) is 17.1 Å². The molecule has 0 N–H and O–H groups in total. The Morgan fingerprint density at radius 1 is 1.28 bits per heavy atom. The van der Waals surface area contributed by atoms with Crippen LogP contribution in [0.15, 0.2) is 22.8 Å². The van der Waals surface area contributed by atoms with E-state index in [1.165, 1.54) is 32.1 Å². The second kappa shape index (κ2) is 7.60. The molecule has 2 aliphatic rings. The van der Waals surface area contributed by atoms with Gasteiger partial charge in [-0.1, -0.05) is 19.3 Å². The molecule has 1 aliphatic heterocycles. The van der Waals surface area contributed by atoms with Gasteiger partial charge in [-0.05, 0) is 44.4 Å². The zero-order chi connectivity index (χ0) is 20.7. The molecule has 3 heterocycles. The number of aryl methyl sites for hydroxylation is 1. The number of amides is 2. The van der Waals surface area contributed by atoms with Gasteiger partial charge in [0.2, 0.25) is 0 Å².